The topological polar surface area (TPSA) is 448 Å². The number of carbonyl (C=O) groups excluding carboxylic acids is 6. The molecule has 4 heterocycles. The van der Waals surface area contributed by atoms with E-state index in [4.69, 9.17) is 32.5 Å². The molecular weight excluding hydrogens is 1050 g/mol. The highest BCUT2D eigenvalue weighted by molar-refractivity contribution is 7.28. The minimum atomic E-state index is -1.72. The third kappa shape index (κ3) is 20.3. The Kier molecular flexibility index (Phi) is 22.9. The third-order valence-corrected chi connectivity index (χ3v) is 15.0. The lowest BCUT2D eigenvalue weighted by atomic mass is 10.1. The molecule has 0 aliphatic carbocycles. The zero-order valence-corrected chi connectivity index (χ0v) is 42.3. The van der Waals surface area contributed by atoms with E-state index in [9.17, 15) is 58.2 Å². The lowest BCUT2D eigenvalue weighted by Gasteiger charge is -2.19. The molecular formula is C44H54N12O14S4. The summed E-state index contributed by atoms with van der Waals surface area (Å²) in [5.41, 5.74) is 10.7. The number of guanidine groups is 2. The van der Waals surface area contributed by atoms with Gasteiger partial charge in [0, 0.05) is 52.1 Å². The molecule has 26 nitrogen and oxygen atoms in total. The maximum atomic E-state index is 13.2. The summed E-state index contributed by atoms with van der Waals surface area (Å²) in [6, 6.07) is 9.53. The van der Waals surface area contributed by atoms with Crippen LogP contribution in [0.4, 0.5) is 0 Å². The molecule has 74 heavy (non-hydrogen) atoms. The highest BCUT2D eigenvalue weighted by Crippen LogP contribution is 2.43. The molecule has 6 amide bonds. The van der Waals surface area contributed by atoms with Gasteiger partial charge in [0.15, 0.2) is 11.9 Å². The number of hydrogen-bond acceptors (Lipinski definition) is 16. The van der Waals surface area contributed by atoms with Gasteiger partial charge in [-0.05, 0) is 74.2 Å². The second-order valence-electron chi connectivity index (χ2n) is 16.0. The Labute approximate surface area is 437 Å². The maximum absolute atomic E-state index is 13.2. The summed E-state index contributed by atoms with van der Waals surface area (Å²) >= 11 is 5.84. The summed E-state index contributed by atoms with van der Waals surface area (Å²) in [6.45, 7) is -0.963. The lowest BCUT2D eigenvalue weighted by molar-refractivity contribution is -0.147. The van der Waals surface area contributed by atoms with Gasteiger partial charge in [-0.15, -0.1) is 45.3 Å². The summed E-state index contributed by atoms with van der Waals surface area (Å²) in [5.74, 6) is -11.0. The molecule has 0 spiro atoms. The number of nitrogens with one attached hydrogen (secondary N) is 10. The Bertz CT molecular complexity index is 2540. The molecule has 18 N–H and O–H groups in total. The predicted molar refractivity (Wildman–Crippen MR) is 273 cm³/mol. The Morgan fingerprint density at radius 2 is 0.757 bits per heavy atom. The van der Waals surface area contributed by atoms with Crippen LogP contribution in [-0.2, 0) is 60.8 Å². The van der Waals surface area contributed by atoms with Gasteiger partial charge in [0.25, 0.3) is 0 Å². The second kappa shape index (κ2) is 28.9. The number of carbonyl (C=O) groups is 10. The summed E-state index contributed by atoms with van der Waals surface area (Å²) in [6.07, 6.45) is -1.18. The summed E-state index contributed by atoms with van der Waals surface area (Å²) in [7, 11) is 0. The van der Waals surface area contributed by atoms with Crippen LogP contribution in [0, 0.1) is 10.8 Å². The van der Waals surface area contributed by atoms with E-state index in [2.05, 4.69) is 31.9 Å². The van der Waals surface area contributed by atoms with Crippen molar-refractivity contribution in [3.8, 4) is 29.3 Å². The minimum Gasteiger partial charge on any atom is -0.481 e. The fourth-order valence-corrected chi connectivity index (χ4v) is 10.9. The minimum absolute atomic E-state index is 0.0826. The van der Waals surface area contributed by atoms with Gasteiger partial charge in [0.1, 0.15) is 24.2 Å². The average molecular weight is 1100 g/mol. The van der Waals surface area contributed by atoms with E-state index in [0.29, 0.717) is 9.75 Å². The van der Waals surface area contributed by atoms with Gasteiger partial charge in [-0.1, -0.05) is 0 Å². The standard InChI is InChI=1S/C44H54N12O14S4/c45-43(46)49-13-1-3-23(39(65)51-19-35(59)55-25(41(67)68)17-37(61)62)53-33(57)15-21-5-7-27(71-21)29-9-11-31(73-29)32-12-10-30(74-32)28-8-6-22(72-28)16-34(58)54-24(4-2-14-50-44(47)48)40(66)52-20-36(60)56-26(42(69)70)18-38(63)64/h5-12,23-26H,1-4,13-20H2,(H,51,65)(H,52,66)(H,53,57)(H,54,58)(H,55,59)(H,56,60)(H,61,62)(H,63,64)(H,67,68)(H,69,70)(H4,45,46,49)(H4,47,48,50)/t23-,24-,25-,26-/m0/s1. The molecule has 0 saturated heterocycles. The van der Waals surface area contributed by atoms with Gasteiger partial charge >= 0.3 is 23.9 Å². The number of thiophene rings is 4. The fourth-order valence-electron chi connectivity index (χ4n) is 6.64. The highest BCUT2D eigenvalue weighted by atomic mass is 32.1. The smallest absolute Gasteiger partial charge is 0.326 e. The van der Waals surface area contributed by atoms with Crippen LogP contribution in [0.3, 0.4) is 0 Å². The van der Waals surface area contributed by atoms with Crippen molar-refractivity contribution in [2.24, 2.45) is 11.5 Å². The van der Waals surface area contributed by atoms with Gasteiger partial charge in [-0.3, -0.25) is 49.2 Å². The third-order valence-electron chi connectivity index (χ3n) is 10.1. The van der Waals surface area contributed by atoms with Crippen LogP contribution < -0.4 is 54.0 Å². The van der Waals surface area contributed by atoms with Crippen LogP contribution in [0.2, 0.25) is 0 Å². The maximum Gasteiger partial charge on any atom is 0.326 e. The molecule has 0 radical (unpaired) electrons. The monoisotopic (exact) mass is 1100 g/mol. The Morgan fingerprint density at radius 3 is 1.07 bits per heavy atom. The van der Waals surface area contributed by atoms with E-state index in [-0.39, 0.29) is 63.5 Å². The van der Waals surface area contributed by atoms with Gasteiger partial charge in [-0.2, -0.15) is 0 Å². The predicted octanol–water partition coefficient (Wildman–Crippen LogP) is -0.165. The Hall–Kier alpha value is -7.96. The lowest BCUT2D eigenvalue weighted by Crippen LogP contribution is -2.51. The van der Waals surface area contributed by atoms with Crippen molar-refractivity contribution >= 4 is 117 Å². The van der Waals surface area contributed by atoms with Gasteiger partial charge in [-0.25, -0.2) is 9.59 Å². The molecule has 0 aromatic carbocycles. The Morgan fingerprint density at radius 1 is 0.446 bits per heavy atom. The number of amides is 6. The van der Waals surface area contributed by atoms with Crippen molar-refractivity contribution < 1.29 is 68.4 Å². The molecule has 4 aromatic rings. The zero-order chi connectivity index (χ0) is 54.5. The van der Waals surface area contributed by atoms with E-state index in [1.807, 2.05) is 47.0 Å². The zero-order valence-electron chi connectivity index (χ0n) is 39.1. The van der Waals surface area contributed by atoms with Crippen LogP contribution >= 0.6 is 45.3 Å². The van der Waals surface area contributed by atoms with Crippen molar-refractivity contribution in [1.29, 1.82) is 10.8 Å². The normalized spacial score (nSPS) is 12.4. The molecule has 0 fully saturated rings. The molecule has 4 aromatic heterocycles. The van der Waals surface area contributed by atoms with Crippen molar-refractivity contribution in [1.82, 2.24) is 42.5 Å². The van der Waals surface area contributed by atoms with Crippen LogP contribution in [0.15, 0.2) is 48.5 Å². The van der Waals surface area contributed by atoms with Crippen molar-refractivity contribution in [3.05, 3.63) is 58.3 Å². The van der Waals surface area contributed by atoms with Crippen LogP contribution in [0.1, 0.15) is 48.3 Å². The molecule has 0 aliphatic rings. The number of rotatable bonds is 31. The molecule has 0 unspecified atom stereocenters. The summed E-state index contributed by atoms with van der Waals surface area (Å²) < 4.78 is 0. The van der Waals surface area contributed by atoms with E-state index >= 15 is 0 Å². The average Bonchev–Trinajstić information content (AvgIpc) is 4.17. The number of aliphatic carboxylic acids is 4. The summed E-state index contributed by atoms with van der Waals surface area (Å²) in [4.78, 5) is 129. The van der Waals surface area contributed by atoms with Crippen molar-refractivity contribution in [3.63, 3.8) is 0 Å². The highest BCUT2D eigenvalue weighted by Gasteiger charge is 2.27. The first-order valence-corrected chi connectivity index (χ1v) is 25.5. The molecule has 4 rings (SSSR count). The van der Waals surface area contributed by atoms with Crippen LogP contribution in [-0.4, -0.2) is 142 Å². The van der Waals surface area contributed by atoms with Crippen LogP contribution in [0.5, 0.6) is 0 Å². The van der Waals surface area contributed by atoms with E-state index < -0.39 is 109 Å². The number of hydrogen-bond donors (Lipinski definition) is 16. The number of carboxylic acids is 4. The van der Waals surface area contributed by atoms with Crippen LogP contribution in [0.25, 0.3) is 29.3 Å². The molecule has 0 saturated carbocycles. The van der Waals surface area contributed by atoms with E-state index in [1.54, 1.807) is 12.1 Å². The quantitative estimate of drug-likeness (QED) is 0.0177. The summed E-state index contributed by atoms with van der Waals surface area (Å²) in [5, 5.41) is 70.2. The molecule has 0 aliphatic heterocycles. The first kappa shape index (κ1) is 58.6. The first-order valence-electron chi connectivity index (χ1n) is 22.2. The largest absolute Gasteiger partial charge is 0.481 e. The van der Waals surface area contributed by atoms with Crippen molar-refractivity contribution in [2.45, 2.75) is 75.5 Å². The van der Waals surface area contributed by atoms with Gasteiger partial charge in [0.2, 0.25) is 35.4 Å². The van der Waals surface area contributed by atoms with Gasteiger partial charge in [0.05, 0.1) is 38.8 Å². The second-order valence-corrected chi connectivity index (χ2v) is 20.5. The van der Waals surface area contributed by atoms with E-state index in [0.717, 1.165) is 29.3 Å². The molecule has 398 valence electrons. The van der Waals surface area contributed by atoms with Gasteiger partial charge < -0.3 is 74.4 Å². The first-order chi connectivity index (χ1) is 35.1. The van der Waals surface area contributed by atoms with Crippen molar-refractivity contribution in [2.75, 3.05) is 26.2 Å². The fraction of sp³-hybridized carbons (Fsp3) is 0.364. The number of nitrogens with two attached hydrogens (primary N) is 2. The molecule has 0 bridgehead atoms. The Balaban J connectivity index is 1.34. The molecule has 4 atom stereocenters. The molecule has 30 heteroatoms. The number of carboxylic acid groups (broad SMARTS) is 4. The SMILES string of the molecule is N=C(N)NCCC[C@H](NC(=O)Cc1ccc(-c2ccc(-c3ccc(-c4ccc(CC(=O)N[C@@H](CCCNC(=N)N)C(=O)NCC(=O)N[C@@H](CC(=O)O)C(=O)O)s4)s3)s2)s1)C(=O)NCC(=O)N[C@@H](CC(=O)O)C(=O)O. The van der Waals surface area contributed by atoms with E-state index in [1.165, 1.54) is 45.3 Å².